The van der Waals surface area contributed by atoms with Crippen LogP contribution in [0.3, 0.4) is 0 Å². The van der Waals surface area contributed by atoms with E-state index >= 15 is 0 Å². The number of rotatable bonds is 5. The fraction of sp³-hybridized carbons (Fsp3) is 0.269. The normalized spacial score (nSPS) is 17.5. The van der Waals surface area contributed by atoms with Crippen LogP contribution >= 0.6 is 0 Å². The van der Waals surface area contributed by atoms with E-state index < -0.39 is 11.3 Å². The Hall–Kier alpha value is -3.98. The minimum absolute atomic E-state index is 0.118. The van der Waals surface area contributed by atoms with Gasteiger partial charge in [0.05, 0.1) is 6.54 Å². The first-order valence-corrected chi connectivity index (χ1v) is 11.5. The Bertz CT molecular complexity index is 1320. The molecular weight excluding hydrogens is 451 g/mol. The Morgan fingerprint density at radius 2 is 1.83 bits per heavy atom. The molecule has 3 aromatic rings. The first-order chi connectivity index (χ1) is 16.9. The summed E-state index contributed by atoms with van der Waals surface area (Å²) >= 11 is 0. The number of amides is 2. The molecule has 0 spiro atoms. The Labute approximate surface area is 201 Å². The van der Waals surface area contributed by atoms with Gasteiger partial charge in [0.25, 0.3) is 11.8 Å². The van der Waals surface area contributed by atoms with Gasteiger partial charge in [0.15, 0.2) is 5.69 Å². The average molecular weight is 477 g/mol. The van der Waals surface area contributed by atoms with Crippen LogP contribution in [0, 0.1) is 5.82 Å². The molecule has 3 heterocycles. The van der Waals surface area contributed by atoms with Crippen LogP contribution in [0.2, 0.25) is 0 Å². The molecule has 2 aromatic carbocycles. The number of nitrogens with one attached hydrogen (secondary N) is 1. The van der Waals surface area contributed by atoms with Gasteiger partial charge in [-0.1, -0.05) is 30.3 Å². The van der Waals surface area contributed by atoms with Gasteiger partial charge < -0.3 is 19.5 Å². The topological polar surface area (TPSA) is 83.9 Å². The lowest BCUT2D eigenvalue weighted by atomic mass is 10.1. The summed E-state index contributed by atoms with van der Waals surface area (Å²) in [4.78, 5) is 43.9. The minimum Gasteiger partial charge on any atom is -0.451 e. The molecule has 0 saturated carbocycles. The SMILES string of the molecule is CN1CCCN2C(=O)c3c(Oc4ccccc4)c(=O)c(C(=O)NCc4ccc(F)cc4)cn3CC12. The Morgan fingerprint density at radius 1 is 1.09 bits per heavy atom. The zero-order valence-corrected chi connectivity index (χ0v) is 19.2. The predicted molar refractivity (Wildman–Crippen MR) is 127 cm³/mol. The van der Waals surface area contributed by atoms with E-state index in [0.717, 1.165) is 13.0 Å². The number of carbonyl (C=O) groups excluding carboxylic acids is 2. The molecule has 180 valence electrons. The molecule has 0 aliphatic carbocycles. The molecule has 1 saturated heterocycles. The highest BCUT2D eigenvalue weighted by Crippen LogP contribution is 2.30. The Morgan fingerprint density at radius 3 is 2.57 bits per heavy atom. The fourth-order valence-electron chi connectivity index (χ4n) is 4.56. The molecule has 0 bridgehead atoms. The van der Waals surface area contributed by atoms with Crippen molar-refractivity contribution in [1.29, 1.82) is 0 Å². The summed E-state index contributed by atoms with van der Waals surface area (Å²) in [5.41, 5.74) is 0.0455. The summed E-state index contributed by atoms with van der Waals surface area (Å²) < 4.78 is 20.8. The van der Waals surface area contributed by atoms with Crippen molar-refractivity contribution in [3.05, 3.63) is 93.7 Å². The van der Waals surface area contributed by atoms with Crippen LogP contribution in [0.25, 0.3) is 0 Å². The quantitative estimate of drug-likeness (QED) is 0.612. The Balaban J connectivity index is 1.54. The molecule has 1 N–H and O–H groups in total. The second-order valence-corrected chi connectivity index (χ2v) is 8.74. The van der Waals surface area contributed by atoms with Gasteiger partial charge in [0, 0.05) is 25.8 Å². The lowest BCUT2D eigenvalue weighted by Gasteiger charge is -2.45. The number of hydrogen-bond acceptors (Lipinski definition) is 5. The van der Waals surface area contributed by atoms with E-state index in [4.69, 9.17) is 4.74 Å². The Kier molecular flexibility index (Phi) is 6.08. The van der Waals surface area contributed by atoms with Crippen LogP contribution in [-0.2, 0) is 13.1 Å². The predicted octanol–water partition coefficient (Wildman–Crippen LogP) is 2.83. The first kappa shape index (κ1) is 22.8. The number of benzene rings is 2. The summed E-state index contributed by atoms with van der Waals surface area (Å²) in [6.07, 6.45) is 2.10. The second-order valence-electron chi connectivity index (χ2n) is 8.74. The average Bonchev–Trinajstić information content (AvgIpc) is 2.86. The van der Waals surface area contributed by atoms with Crippen molar-refractivity contribution < 1.29 is 18.7 Å². The summed E-state index contributed by atoms with van der Waals surface area (Å²) in [6.45, 7) is 1.96. The van der Waals surface area contributed by atoms with Crippen molar-refractivity contribution in [1.82, 2.24) is 19.7 Å². The van der Waals surface area contributed by atoms with Crippen LogP contribution in [0.4, 0.5) is 4.39 Å². The zero-order chi connectivity index (χ0) is 24.5. The number of likely N-dealkylation sites (N-methyl/N-ethyl adjacent to an activating group) is 1. The van der Waals surface area contributed by atoms with Crippen LogP contribution in [0.15, 0.2) is 65.6 Å². The van der Waals surface area contributed by atoms with Crippen molar-refractivity contribution in [3.63, 3.8) is 0 Å². The molecule has 0 radical (unpaired) electrons. The molecule has 1 aromatic heterocycles. The highest BCUT2D eigenvalue weighted by molar-refractivity contribution is 5.99. The molecule has 2 aliphatic heterocycles. The molecule has 8 nitrogen and oxygen atoms in total. The zero-order valence-electron chi connectivity index (χ0n) is 19.2. The third kappa shape index (κ3) is 4.42. The second kappa shape index (κ2) is 9.34. The number of fused-ring (bicyclic) bond motifs is 2. The number of aromatic nitrogens is 1. The van der Waals surface area contributed by atoms with Crippen LogP contribution in [0.5, 0.6) is 11.5 Å². The van der Waals surface area contributed by atoms with E-state index in [1.54, 1.807) is 45.9 Å². The number of para-hydroxylation sites is 1. The standard InChI is InChI=1S/C26H25FN4O4/c1-29-12-5-13-31-21(29)16-30-15-20(25(33)28-14-17-8-10-18(27)11-9-17)23(32)24(22(30)26(31)34)35-19-6-3-2-4-7-19/h2-4,6-11,15,21H,5,12-14,16H2,1H3,(H,28,33). The maximum atomic E-state index is 13.5. The lowest BCUT2D eigenvalue weighted by Crippen LogP contribution is -2.59. The van der Waals surface area contributed by atoms with E-state index in [1.807, 2.05) is 13.1 Å². The van der Waals surface area contributed by atoms with Gasteiger partial charge in [-0.3, -0.25) is 19.3 Å². The molecule has 1 atom stereocenters. The lowest BCUT2D eigenvalue weighted by molar-refractivity contribution is 0.00166. The van der Waals surface area contributed by atoms with Gasteiger partial charge in [0.2, 0.25) is 11.2 Å². The molecule has 9 heteroatoms. The van der Waals surface area contributed by atoms with Crippen LogP contribution < -0.4 is 15.5 Å². The van der Waals surface area contributed by atoms with Gasteiger partial charge in [-0.15, -0.1) is 0 Å². The van der Waals surface area contributed by atoms with Crippen molar-refractivity contribution in [2.75, 3.05) is 20.1 Å². The van der Waals surface area contributed by atoms with Gasteiger partial charge >= 0.3 is 0 Å². The van der Waals surface area contributed by atoms with Crippen molar-refractivity contribution in [2.45, 2.75) is 25.7 Å². The summed E-state index contributed by atoms with van der Waals surface area (Å²) in [5, 5.41) is 2.71. The summed E-state index contributed by atoms with van der Waals surface area (Å²) in [6, 6.07) is 14.4. The smallest absolute Gasteiger partial charge is 0.275 e. The van der Waals surface area contributed by atoms with Crippen molar-refractivity contribution in [2.24, 2.45) is 0 Å². The maximum Gasteiger partial charge on any atom is 0.275 e. The monoisotopic (exact) mass is 476 g/mol. The molecular formula is C26H25FN4O4. The number of ether oxygens (including phenoxy) is 1. The van der Waals surface area contributed by atoms with Crippen LogP contribution in [0.1, 0.15) is 32.8 Å². The number of halogens is 1. The first-order valence-electron chi connectivity index (χ1n) is 11.5. The molecule has 2 aliphatic rings. The number of hydrogen-bond donors (Lipinski definition) is 1. The third-order valence-corrected chi connectivity index (χ3v) is 6.41. The summed E-state index contributed by atoms with van der Waals surface area (Å²) in [7, 11) is 1.95. The van der Waals surface area contributed by atoms with E-state index in [9.17, 15) is 18.8 Å². The maximum absolute atomic E-state index is 13.5. The van der Waals surface area contributed by atoms with Crippen molar-refractivity contribution in [3.8, 4) is 11.5 Å². The number of pyridine rings is 1. The molecule has 5 rings (SSSR count). The molecule has 1 unspecified atom stereocenters. The number of carbonyl (C=O) groups is 2. The molecule has 2 amide bonds. The van der Waals surface area contributed by atoms with E-state index in [-0.39, 0.29) is 41.4 Å². The molecule has 35 heavy (non-hydrogen) atoms. The molecule has 1 fully saturated rings. The minimum atomic E-state index is -0.658. The number of nitrogens with zero attached hydrogens (tertiary/aromatic N) is 3. The van der Waals surface area contributed by atoms with E-state index in [1.165, 1.54) is 18.3 Å². The third-order valence-electron chi connectivity index (χ3n) is 6.41. The van der Waals surface area contributed by atoms with Crippen molar-refractivity contribution >= 4 is 11.8 Å². The highest BCUT2D eigenvalue weighted by atomic mass is 19.1. The van der Waals surface area contributed by atoms with E-state index in [0.29, 0.717) is 24.4 Å². The fourth-order valence-corrected chi connectivity index (χ4v) is 4.56. The van der Waals surface area contributed by atoms with Gasteiger partial charge in [-0.2, -0.15) is 0 Å². The van der Waals surface area contributed by atoms with Gasteiger partial charge in [-0.25, -0.2) is 4.39 Å². The van der Waals surface area contributed by atoms with Gasteiger partial charge in [0.1, 0.15) is 23.3 Å². The largest absolute Gasteiger partial charge is 0.451 e. The summed E-state index contributed by atoms with van der Waals surface area (Å²) in [5.74, 6) is -1.04. The highest BCUT2D eigenvalue weighted by Gasteiger charge is 2.40. The van der Waals surface area contributed by atoms with Gasteiger partial charge in [-0.05, 0) is 43.3 Å². The van der Waals surface area contributed by atoms with Crippen LogP contribution in [-0.4, -0.2) is 52.5 Å². The van der Waals surface area contributed by atoms with E-state index in [2.05, 4.69) is 10.2 Å².